The molecule has 0 saturated carbocycles. The molecule has 0 aliphatic heterocycles. The van der Waals surface area contributed by atoms with Crippen LogP contribution in [-0.4, -0.2) is 6.04 Å². The van der Waals surface area contributed by atoms with Crippen molar-refractivity contribution in [2.24, 2.45) is 5.84 Å². The molecule has 1 atom stereocenters. The van der Waals surface area contributed by atoms with Crippen molar-refractivity contribution in [3.63, 3.8) is 0 Å². The summed E-state index contributed by atoms with van der Waals surface area (Å²) in [6.07, 6.45) is 1.85. The van der Waals surface area contributed by atoms with E-state index >= 15 is 0 Å². The van der Waals surface area contributed by atoms with Gasteiger partial charge in [-0.3, -0.25) is 11.3 Å². The van der Waals surface area contributed by atoms with Crippen LogP contribution >= 0.6 is 0 Å². The highest BCUT2D eigenvalue weighted by atomic mass is 19.2. The van der Waals surface area contributed by atoms with Gasteiger partial charge in [0.25, 0.3) is 0 Å². The van der Waals surface area contributed by atoms with Crippen LogP contribution < -0.4 is 11.3 Å². The third-order valence-corrected chi connectivity index (χ3v) is 2.77. The highest BCUT2D eigenvalue weighted by Crippen LogP contribution is 2.16. The zero-order chi connectivity index (χ0) is 12.8. The fraction of sp³-hybridized carbons (Fsp3) is 0.385. The lowest BCUT2D eigenvalue weighted by Crippen LogP contribution is -2.37. The van der Waals surface area contributed by atoms with Gasteiger partial charge in [-0.25, -0.2) is 8.78 Å². The Morgan fingerprint density at radius 3 is 2.76 bits per heavy atom. The fourth-order valence-electron chi connectivity index (χ4n) is 1.65. The molecule has 0 aliphatic carbocycles. The van der Waals surface area contributed by atoms with Gasteiger partial charge in [0.05, 0.1) is 0 Å². The van der Waals surface area contributed by atoms with Crippen LogP contribution in [0.1, 0.15) is 25.3 Å². The van der Waals surface area contributed by atoms with Crippen LogP contribution in [0.15, 0.2) is 30.4 Å². The summed E-state index contributed by atoms with van der Waals surface area (Å²) < 4.78 is 26.5. The second-order valence-electron chi connectivity index (χ2n) is 4.09. The van der Waals surface area contributed by atoms with Gasteiger partial charge in [0.1, 0.15) is 0 Å². The molecule has 0 fully saturated rings. The molecule has 0 amide bonds. The Bertz CT molecular complexity index is 391. The lowest BCUT2D eigenvalue weighted by atomic mass is 9.99. The number of benzene rings is 1. The Labute approximate surface area is 100 Å². The van der Waals surface area contributed by atoms with Crippen LogP contribution in [0, 0.1) is 11.6 Å². The SMILES string of the molecule is C=C(CC)CC(Cc1cccc(F)c1F)NN. The van der Waals surface area contributed by atoms with E-state index in [1.165, 1.54) is 6.07 Å². The molecule has 0 radical (unpaired) electrons. The van der Waals surface area contributed by atoms with Crippen LogP contribution in [0.4, 0.5) is 8.78 Å². The minimum absolute atomic E-state index is 0.126. The average Bonchev–Trinajstić information content (AvgIpc) is 2.33. The van der Waals surface area contributed by atoms with Crippen molar-refractivity contribution in [2.45, 2.75) is 32.2 Å². The van der Waals surface area contributed by atoms with E-state index in [0.717, 1.165) is 18.1 Å². The van der Waals surface area contributed by atoms with Gasteiger partial charge in [0, 0.05) is 6.04 Å². The van der Waals surface area contributed by atoms with Crippen molar-refractivity contribution in [3.8, 4) is 0 Å². The Kier molecular flexibility index (Phi) is 5.25. The quantitative estimate of drug-likeness (QED) is 0.456. The molecule has 1 aromatic carbocycles. The third kappa shape index (κ3) is 3.91. The molecular weight excluding hydrogens is 222 g/mol. The summed E-state index contributed by atoms with van der Waals surface area (Å²) in [6, 6.07) is 4.04. The molecular formula is C13H18F2N2. The first-order valence-corrected chi connectivity index (χ1v) is 5.64. The van der Waals surface area contributed by atoms with Crippen molar-refractivity contribution in [2.75, 3.05) is 0 Å². The number of hydrazine groups is 1. The Hall–Kier alpha value is -1.26. The molecule has 0 bridgehead atoms. The van der Waals surface area contributed by atoms with Gasteiger partial charge < -0.3 is 0 Å². The zero-order valence-electron chi connectivity index (χ0n) is 9.97. The summed E-state index contributed by atoms with van der Waals surface area (Å²) >= 11 is 0. The summed E-state index contributed by atoms with van der Waals surface area (Å²) in [5, 5.41) is 0. The monoisotopic (exact) mass is 240 g/mol. The van der Waals surface area contributed by atoms with Gasteiger partial charge in [-0.05, 0) is 30.9 Å². The Balaban J connectivity index is 2.73. The number of rotatable bonds is 6. The lowest BCUT2D eigenvalue weighted by molar-refractivity contribution is 0.472. The first-order chi connectivity index (χ1) is 8.08. The highest BCUT2D eigenvalue weighted by molar-refractivity contribution is 5.20. The Morgan fingerprint density at radius 2 is 2.18 bits per heavy atom. The van der Waals surface area contributed by atoms with Gasteiger partial charge in [-0.15, -0.1) is 0 Å². The first-order valence-electron chi connectivity index (χ1n) is 5.64. The van der Waals surface area contributed by atoms with Gasteiger partial charge in [0.15, 0.2) is 11.6 Å². The first kappa shape index (κ1) is 13.8. The van der Waals surface area contributed by atoms with Crippen molar-refractivity contribution in [1.82, 2.24) is 5.43 Å². The standard InChI is InChI=1S/C13H18F2N2/c1-3-9(2)7-11(17-16)8-10-5-4-6-12(14)13(10)15/h4-6,11,17H,2-3,7-8,16H2,1H3. The molecule has 94 valence electrons. The number of halogens is 2. The number of hydrogen-bond donors (Lipinski definition) is 2. The maximum absolute atomic E-state index is 13.5. The van der Waals surface area contributed by atoms with E-state index in [-0.39, 0.29) is 6.04 Å². The smallest absolute Gasteiger partial charge is 0.162 e. The molecule has 0 aromatic heterocycles. The van der Waals surface area contributed by atoms with Crippen LogP contribution in [0.2, 0.25) is 0 Å². The highest BCUT2D eigenvalue weighted by Gasteiger charge is 2.14. The molecule has 1 aromatic rings. The summed E-state index contributed by atoms with van der Waals surface area (Å²) in [7, 11) is 0. The largest absolute Gasteiger partial charge is 0.271 e. The van der Waals surface area contributed by atoms with Crippen LogP contribution in [0.5, 0.6) is 0 Å². The van der Waals surface area contributed by atoms with Crippen LogP contribution in [0.25, 0.3) is 0 Å². The van der Waals surface area contributed by atoms with Crippen LogP contribution in [-0.2, 0) is 6.42 Å². The maximum atomic E-state index is 13.5. The van der Waals surface area contributed by atoms with E-state index in [4.69, 9.17) is 5.84 Å². The minimum Gasteiger partial charge on any atom is -0.271 e. The third-order valence-electron chi connectivity index (χ3n) is 2.77. The Morgan fingerprint density at radius 1 is 1.47 bits per heavy atom. The molecule has 4 heteroatoms. The van der Waals surface area contributed by atoms with E-state index < -0.39 is 11.6 Å². The molecule has 1 rings (SSSR count). The van der Waals surface area contributed by atoms with E-state index in [1.54, 1.807) is 6.07 Å². The molecule has 0 spiro atoms. The molecule has 1 unspecified atom stereocenters. The zero-order valence-corrected chi connectivity index (χ0v) is 9.97. The van der Waals surface area contributed by atoms with E-state index in [9.17, 15) is 8.78 Å². The average molecular weight is 240 g/mol. The van der Waals surface area contributed by atoms with Crippen LogP contribution in [0.3, 0.4) is 0 Å². The van der Waals surface area contributed by atoms with E-state index in [2.05, 4.69) is 12.0 Å². The van der Waals surface area contributed by atoms with Gasteiger partial charge in [-0.2, -0.15) is 0 Å². The minimum atomic E-state index is -0.826. The van der Waals surface area contributed by atoms with Crippen molar-refractivity contribution in [1.29, 1.82) is 0 Å². The number of nitrogens with one attached hydrogen (secondary N) is 1. The summed E-state index contributed by atoms with van der Waals surface area (Å²) in [5.41, 5.74) is 3.98. The fourth-order valence-corrected chi connectivity index (χ4v) is 1.65. The molecule has 2 nitrogen and oxygen atoms in total. The van der Waals surface area contributed by atoms with Gasteiger partial charge in [-0.1, -0.05) is 31.2 Å². The van der Waals surface area contributed by atoms with Gasteiger partial charge >= 0.3 is 0 Å². The molecule has 0 heterocycles. The van der Waals surface area contributed by atoms with E-state index in [1.807, 2.05) is 6.92 Å². The van der Waals surface area contributed by atoms with Crippen molar-refractivity contribution in [3.05, 3.63) is 47.5 Å². The number of nitrogens with two attached hydrogens (primary N) is 1. The predicted octanol–water partition coefficient (Wildman–Crippen LogP) is 2.70. The molecule has 0 saturated heterocycles. The normalized spacial score (nSPS) is 12.5. The van der Waals surface area contributed by atoms with E-state index in [0.29, 0.717) is 18.4 Å². The molecule has 0 aliphatic rings. The topological polar surface area (TPSA) is 38.0 Å². The van der Waals surface area contributed by atoms with Crippen molar-refractivity contribution >= 4 is 0 Å². The second kappa shape index (κ2) is 6.47. The number of hydrogen-bond acceptors (Lipinski definition) is 2. The summed E-state index contributed by atoms with van der Waals surface area (Å²) in [4.78, 5) is 0. The lowest BCUT2D eigenvalue weighted by Gasteiger charge is -2.17. The summed E-state index contributed by atoms with van der Waals surface area (Å²) in [5.74, 6) is 3.78. The summed E-state index contributed by atoms with van der Waals surface area (Å²) in [6.45, 7) is 5.88. The predicted molar refractivity (Wildman–Crippen MR) is 65.2 cm³/mol. The molecule has 17 heavy (non-hydrogen) atoms. The maximum Gasteiger partial charge on any atom is 0.162 e. The van der Waals surface area contributed by atoms with Gasteiger partial charge in [0.2, 0.25) is 0 Å². The second-order valence-corrected chi connectivity index (χ2v) is 4.09. The van der Waals surface area contributed by atoms with Crippen molar-refractivity contribution < 1.29 is 8.78 Å². The molecule has 3 N–H and O–H groups in total.